The van der Waals surface area contributed by atoms with Crippen LogP contribution < -0.4 is 4.74 Å². The van der Waals surface area contributed by atoms with Gasteiger partial charge in [0.05, 0.1) is 11.8 Å². The average molecular weight is 453 g/mol. The Labute approximate surface area is 203 Å². The molecule has 0 saturated carbocycles. The lowest BCUT2D eigenvalue weighted by atomic mass is 10.0. The minimum absolute atomic E-state index is 0.187. The molecule has 0 aliphatic heterocycles. The van der Waals surface area contributed by atoms with Crippen molar-refractivity contribution in [2.45, 2.75) is 130 Å². The quantitative estimate of drug-likeness (QED) is 0.199. The van der Waals surface area contributed by atoms with Crippen molar-refractivity contribution in [2.75, 3.05) is 0 Å². The van der Waals surface area contributed by atoms with Gasteiger partial charge in [0.1, 0.15) is 0 Å². The van der Waals surface area contributed by atoms with Gasteiger partial charge in [-0.15, -0.1) is 10.2 Å². The number of ether oxygens (including phenoxy) is 1. The fourth-order valence-corrected chi connectivity index (χ4v) is 4.32. The highest BCUT2D eigenvalue weighted by Crippen LogP contribution is 2.21. The fourth-order valence-electron chi connectivity index (χ4n) is 4.32. The van der Waals surface area contributed by atoms with Crippen LogP contribution in [0.1, 0.15) is 123 Å². The van der Waals surface area contributed by atoms with Crippen molar-refractivity contribution in [3.05, 3.63) is 42.0 Å². The second kappa shape index (κ2) is 17.6. The second-order valence-electron chi connectivity index (χ2n) is 9.66. The van der Waals surface area contributed by atoms with E-state index in [9.17, 15) is 0 Å². The molecular weight excluding hydrogens is 404 g/mol. The second-order valence-corrected chi connectivity index (χ2v) is 9.66. The molecule has 3 heteroatoms. The van der Waals surface area contributed by atoms with Crippen molar-refractivity contribution in [1.82, 2.24) is 10.2 Å². The SMILES string of the molecule is CCCCCCCCCCCCc1ccc(-c2ccc(OC(C)CCCCCC)nn2)cc1. The highest BCUT2D eigenvalue weighted by Gasteiger charge is 2.07. The maximum atomic E-state index is 5.93. The monoisotopic (exact) mass is 452 g/mol. The summed E-state index contributed by atoms with van der Waals surface area (Å²) in [6.07, 6.45) is 21.4. The third kappa shape index (κ3) is 12.2. The zero-order valence-electron chi connectivity index (χ0n) is 21.7. The van der Waals surface area contributed by atoms with Gasteiger partial charge >= 0.3 is 0 Å². The summed E-state index contributed by atoms with van der Waals surface area (Å²) in [5.74, 6) is 0.624. The van der Waals surface area contributed by atoms with Crippen LogP contribution in [-0.4, -0.2) is 16.3 Å². The first kappa shape index (κ1) is 27.3. The summed E-state index contributed by atoms with van der Waals surface area (Å²) in [7, 11) is 0. The zero-order chi connectivity index (χ0) is 23.6. The van der Waals surface area contributed by atoms with Gasteiger partial charge in [0.15, 0.2) is 0 Å². The molecule has 1 aromatic carbocycles. The van der Waals surface area contributed by atoms with Gasteiger partial charge in [0.2, 0.25) is 5.88 Å². The molecule has 2 aromatic rings. The van der Waals surface area contributed by atoms with Crippen molar-refractivity contribution in [3.8, 4) is 17.1 Å². The summed E-state index contributed by atoms with van der Waals surface area (Å²) in [6, 6.07) is 12.8. The number of hydrogen-bond donors (Lipinski definition) is 0. The Morgan fingerprint density at radius 2 is 1.21 bits per heavy atom. The van der Waals surface area contributed by atoms with E-state index >= 15 is 0 Å². The molecule has 2 rings (SSSR count). The lowest BCUT2D eigenvalue weighted by Gasteiger charge is -2.13. The number of unbranched alkanes of at least 4 members (excludes halogenated alkanes) is 12. The predicted molar refractivity (Wildman–Crippen MR) is 142 cm³/mol. The van der Waals surface area contributed by atoms with E-state index in [0.717, 1.165) is 17.7 Å². The first-order valence-electron chi connectivity index (χ1n) is 13.8. The molecule has 0 spiro atoms. The fraction of sp³-hybridized carbons (Fsp3) is 0.667. The average Bonchev–Trinajstić information content (AvgIpc) is 2.84. The molecule has 0 saturated heterocycles. The van der Waals surface area contributed by atoms with E-state index in [2.05, 4.69) is 55.2 Å². The lowest BCUT2D eigenvalue weighted by molar-refractivity contribution is 0.196. The van der Waals surface area contributed by atoms with E-state index in [0.29, 0.717) is 5.88 Å². The van der Waals surface area contributed by atoms with E-state index in [4.69, 9.17) is 4.74 Å². The van der Waals surface area contributed by atoms with Crippen molar-refractivity contribution >= 4 is 0 Å². The normalized spacial score (nSPS) is 12.1. The van der Waals surface area contributed by atoms with Crippen molar-refractivity contribution in [1.29, 1.82) is 0 Å². The lowest BCUT2D eigenvalue weighted by Crippen LogP contribution is -2.12. The van der Waals surface area contributed by atoms with Gasteiger partial charge in [0, 0.05) is 11.6 Å². The van der Waals surface area contributed by atoms with Crippen LogP contribution in [0.15, 0.2) is 36.4 Å². The summed E-state index contributed by atoms with van der Waals surface area (Å²) in [5, 5.41) is 8.69. The molecule has 0 fully saturated rings. The van der Waals surface area contributed by atoms with Crippen LogP contribution in [0.4, 0.5) is 0 Å². The van der Waals surface area contributed by atoms with Gasteiger partial charge < -0.3 is 4.74 Å². The number of rotatable bonds is 19. The summed E-state index contributed by atoms with van der Waals surface area (Å²) in [6.45, 7) is 6.64. The molecule has 0 aliphatic rings. The third-order valence-corrected chi connectivity index (χ3v) is 6.49. The van der Waals surface area contributed by atoms with Crippen LogP contribution in [-0.2, 0) is 6.42 Å². The van der Waals surface area contributed by atoms with Crippen LogP contribution in [0.3, 0.4) is 0 Å². The predicted octanol–water partition coefficient (Wildman–Crippen LogP) is 9.34. The van der Waals surface area contributed by atoms with Crippen LogP contribution in [0.5, 0.6) is 5.88 Å². The standard InChI is InChI=1S/C30H48N2O/c1-4-6-8-10-11-12-13-14-15-17-19-27-20-22-28(23-21-27)29-24-25-30(32-31-29)33-26(3)18-16-9-7-5-2/h20-26H,4-19H2,1-3H3. The third-order valence-electron chi connectivity index (χ3n) is 6.49. The van der Waals surface area contributed by atoms with Crippen molar-refractivity contribution < 1.29 is 4.74 Å². The molecule has 1 unspecified atom stereocenters. The van der Waals surface area contributed by atoms with Gasteiger partial charge in [-0.25, -0.2) is 0 Å². The van der Waals surface area contributed by atoms with Gasteiger partial charge in [-0.2, -0.15) is 0 Å². The van der Waals surface area contributed by atoms with E-state index in [1.807, 2.05) is 12.1 Å². The van der Waals surface area contributed by atoms with E-state index in [1.165, 1.54) is 102 Å². The number of aromatic nitrogens is 2. The van der Waals surface area contributed by atoms with Gasteiger partial charge in [-0.3, -0.25) is 0 Å². The van der Waals surface area contributed by atoms with E-state index in [1.54, 1.807) is 0 Å². The van der Waals surface area contributed by atoms with E-state index in [-0.39, 0.29) is 6.10 Å². The van der Waals surface area contributed by atoms with Gasteiger partial charge in [-0.1, -0.05) is 115 Å². The summed E-state index contributed by atoms with van der Waals surface area (Å²) < 4.78 is 5.93. The largest absolute Gasteiger partial charge is 0.474 e. The Morgan fingerprint density at radius 1 is 0.636 bits per heavy atom. The number of benzene rings is 1. The van der Waals surface area contributed by atoms with Crippen LogP contribution in [0, 0.1) is 0 Å². The van der Waals surface area contributed by atoms with E-state index < -0.39 is 0 Å². The molecule has 0 amide bonds. The zero-order valence-corrected chi connectivity index (χ0v) is 21.7. The van der Waals surface area contributed by atoms with Gasteiger partial charge in [0.25, 0.3) is 0 Å². The molecule has 1 aromatic heterocycles. The molecule has 1 atom stereocenters. The van der Waals surface area contributed by atoms with Crippen molar-refractivity contribution in [3.63, 3.8) is 0 Å². The van der Waals surface area contributed by atoms with Crippen LogP contribution >= 0.6 is 0 Å². The maximum absolute atomic E-state index is 5.93. The number of hydrogen-bond acceptors (Lipinski definition) is 3. The molecule has 1 heterocycles. The first-order valence-corrected chi connectivity index (χ1v) is 13.8. The Hall–Kier alpha value is -1.90. The Balaban J connectivity index is 1.63. The molecule has 0 aliphatic carbocycles. The van der Waals surface area contributed by atoms with Gasteiger partial charge in [-0.05, 0) is 44.2 Å². The molecular formula is C30H48N2O. The first-order chi connectivity index (χ1) is 16.2. The summed E-state index contributed by atoms with van der Waals surface area (Å²) in [4.78, 5) is 0. The highest BCUT2D eigenvalue weighted by molar-refractivity contribution is 5.59. The summed E-state index contributed by atoms with van der Waals surface area (Å²) in [5.41, 5.74) is 3.44. The number of nitrogens with zero attached hydrogens (tertiary/aromatic N) is 2. The minimum Gasteiger partial charge on any atom is -0.474 e. The Morgan fingerprint density at radius 3 is 1.79 bits per heavy atom. The Bertz CT molecular complexity index is 711. The molecule has 0 bridgehead atoms. The van der Waals surface area contributed by atoms with Crippen LogP contribution in [0.25, 0.3) is 11.3 Å². The molecule has 3 nitrogen and oxygen atoms in total. The molecule has 33 heavy (non-hydrogen) atoms. The molecule has 184 valence electrons. The maximum Gasteiger partial charge on any atom is 0.233 e. The number of aryl methyl sites for hydroxylation is 1. The summed E-state index contributed by atoms with van der Waals surface area (Å²) >= 11 is 0. The molecule has 0 N–H and O–H groups in total. The Kier molecular flexibility index (Phi) is 14.6. The highest BCUT2D eigenvalue weighted by atomic mass is 16.5. The van der Waals surface area contributed by atoms with Crippen molar-refractivity contribution in [2.24, 2.45) is 0 Å². The smallest absolute Gasteiger partial charge is 0.233 e. The topological polar surface area (TPSA) is 35.0 Å². The molecule has 0 radical (unpaired) electrons. The van der Waals surface area contributed by atoms with Crippen LogP contribution in [0.2, 0.25) is 0 Å². The minimum atomic E-state index is 0.187.